The van der Waals surface area contributed by atoms with Crippen LogP contribution in [0.1, 0.15) is 30.6 Å². The van der Waals surface area contributed by atoms with E-state index in [9.17, 15) is 9.59 Å². The Balaban J connectivity index is 1.95. The largest absolute Gasteiger partial charge is 0.491 e. The number of carbonyl (C=O) groups excluding carboxylic acids is 2. The van der Waals surface area contributed by atoms with Crippen molar-refractivity contribution in [1.82, 2.24) is 9.80 Å². The molecule has 0 unspecified atom stereocenters. The average Bonchev–Trinajstić information content (AvgIpc) is 2.60. The van der Waals surface area contributed by atoms with Gasteiger partial charge in [0.1, 0.15) is 5.75 Å². The quantitative estimate of drug-likeness (QED) is 0.832. The van der Waals surface area contributed by atoms with Gasteiger partial charge in [-0.05, 0) is 31.5 Å². The van der Waals surface area contributed by atoms with Gasteiger partial charge in [0.2, 0.25) is 0 Å². The maximum absolute atomic E-state index is 12.6. The first-order valence-electron chi connectivity index (χ1n) is 8.30. The lowest BCUT2D eigenvalue weighted by atomic mass is 10.1. The first-order valence-corrected chi connectivity index (χ1v) is 8.30. The second kappa shape index (κ2) is 8.42. The summed E-state index contributed by atoms with van der Waals surface area (Å²) in [7, 11) is 0. The van der Waals surface area contributed by atoms with Crippen LogP contribution in [0, 0.1) is 0 Å². The van der Waals surface area contributed by atoms with E-state index in [0.717, 1.165) is 6.42 Å². The highest BCUT2D eigenvalue weighted by atomic mass is 16.6. The average molecular weight is 335 g/mol. The molecule has 0 radical (unpaired) electrons. The summed E-state index contributed by atoms with van der Waals surface area (Å²) in [4.78, 5) is 27.6. The van der Waals surface area contributed by atoms with Crippen molar-refractivity contribution in [3.8, 4) is 5.75 Å². The van der Waals surface area contributed by atoms with E-state index < -0.39 is 0 Å². The number of nitrogen functional groups attached to an aromatic ring is 1. The van der Waals surface area contributed by atoms with Crippen molar-refractivity contribution in [2.24, 2.45) is 0 Å². The SMILES string of the molecule is CCCOc1ccc(C(=O)N2CCN(C(=O)OCC)CC2)cc1N. The van der Waals surface area contributed by atoms with E-state index in [-0.39, 0.29) is 12.0 Å². The predicted molar refractivity (Wildman–Crippen MR) is 91.1 cm³/mol. The second-order valence-electron chi connectivity index (χ2n) is 5.58. The minimum Gasteiger partial charge on any atom is -0.491 e. The monoisotopic (exact) mass is 335 g/mol. The molecule has 2 amide bonds. The molecule has 0 aliphatic carbocycles. The van der Waals surface area contributed by atoms with Crippen molar-refractivity contribution in [3.63, 3.8) is 0 Å². The Labute approximate surface area is 142 Å². The van der Waals surface area contributed by atoms with Crippen LogP contribution in [0.4, 0.5) is 10.5 Å². The Bertz CT molecular complexity index is 583. The Hall–Kier alpha value is -2.44. The van der Waals surface area contributed by atoms with Crippen molar-refractivity contribution in [2.75, 3.05) is 45.1 Å². The summed E-state index contributed by atoms with van der Waals surface area (Å²) in [6.45, 7) is 6.63. The molecule has 1 aliphatic heterocycles. The molecule has 7 heteroatoms. The summed E-state index contributed by atoms with van der Waals surface area (Å²) in [6, 6.07) is 5.10. The maximum Gasteiger partial charge on any atom is 0.409 e. The van der Waals surface area contributed by atoms with Gasteiger partial charge in [0.05, 0.1) is 18.9 Å². The van der Waals surface area contributed by atoms with Crippen LogP contribution in [-0.4, -0.2) is 61.2 Å². The van der Waals surface area contributed by atoms with Crippen molar-refractivity contribution in [2.45, 2.75) is 20.3 Å². The third-order valence-electron chi connectivity index (χ3n) is 3.81. The number of nitrogens with two attached hydrogens (primary N) is 1. The Kier molecular flexibility index (Phi) is 6.28. The first kappa shape index (κ1) is 17.9. The van der Waals surface area contributed by atoms with Gasteiger partial charge in [0, 0.05) is 31.7 Å². The topological polar surface area (TPSA) is 85.1 Å². The lowest BCUT2D eigenvalue weighted by molar-refractivity contribution is 0.0570. The number of piperazine rings is 1. The molecule has 7 nitrogen and oxygen atoms in total. The number of rotatable bonds is 5. The van der Waals surface area contributed by atoms with Crippen LogP contribution in [0.3, 0.4) is 0 Å². The summed E-state index contributed by atoms with van der Waals surface area (Å²) in [5, 5.41) is 0. The molecular weight excluding hydrogens is 310 g/mol. The van der Waals surface area contributed by atoms with Gasteiger partial charge in [-0.25, -0.2) is 4.79 Å². The van der Waals surface area contributed by atoms with Crippen LogP contribution in [0.25, 0.3) is 0 Å². The zero-order valence-electron chi connectivity index (χ0n) is 14.3. The number of anilines is 1. The molecule has 132 valence electrons. The van der Waals surface area contributed by atoms with E-state index in [4.69, 9.17) is 15.2 Å². The molecule has 2 N–H and O–H groups in total. The maximum atomic E-state index is 12.6. The molecular formula is C17H25N3O4. The van der Waals surface area contributed by atoms with Crippen molar-refractivity contribution >= 4 is 17.7 Å². The molecule has 1 fully saturated rings. The molecule has 0 atom stereocenters. The van der Waals surface area contributed by atoms with Gasteiger partial charge in [0.15, 0.2) is 0 Å². The van der Waals surface area contributed by atoms with Crippen molar-refractivity contribution < 1.29 is 19.1 Å². The lowest BCUT2D eigenvalue weighted by Crippen LogP contribution is -2.50. The zero-order valence-corrected chi connectivity index (χ0v) is 14.3. The van der Waals surface area contributed by atoms with Gasteiger partial charge in [-0.3, -0.25) is 4.79 Å². The van der Waals surface area contributed by atoms with Gasteiger partial charge < -0.3 is 25.0 Å². The number of hydrogen-bond donors (Lipinski definition) is 1. The van der Waals surface area contributed by atoms with Gasteiger partial charge in [-0.2, -0.15) is 0 Å². The number of benzene rings is 1. The summed E-state index contributed by atoms with van der Waals surface area (Å²) in [5.74, 6) is 0.507. The fraction of sp³-hybridized carbons (Fsp3) is 0.529. The molecule has 0 aromatic heterocycles. The molecule has 1 saturated heterocycles. The van der Waals surface area contributed by atoms with Crippen molar-refractivity contribution in [1.29, 1.82) is 0 Å². The van der Waals surface area contributed by atoms with Gasteiger partial charge in [0.25, 0.3) is 5.91 Å². The number of nitrogens with zero attached hydrogens (tertiary/aromatic N) is 2. The fourth-order valence-electron chi connectivity index (χ4n) is 2.51. The number of ether oxygens (including phenoxy) is 2. The smallest absolute Gasteiger partial charge is 0.409 e. The van der Waals surface area contributed by atoms with E-state index in [1.807, 2.05) is 6.92 Å². The van der Waals surface area contributed by atoms with E-state index in [2.05, 4.69) is 0 Å². The molecule has 0 spiro atoms. The van der Waals surface area contributed by atoms with Gasteiger partial charge in [-0.1, -0.05) is 6.92 Å². The normalized spacial score (nSPS) is 14.4. The van der Waals surface area contributed by atoms with Crippen LogP contribution < -0.4 is 10.5 Å². The Morgan fingerprint density at radius 3 is 2.38 bits per heavy atom. The van der Waals surface area contributed by atoms with Gasteiger partial charge >= 0.3 is 6.09 Å². The van der Waals surface area contributed by atoms with Gasteiger partial charge in [-0.15, -0.1) is 0 Å². The molecule has 1 aliphatic rings. The minimum atomic E-state index is -0.328. The van der Waals surface area contributed by atoms with E-state index in [0.29, 0.717) is 56.4 Å². The van der Waals surface area contributed by atoms with Crippen molar-refractivity contribution in [3.05, 3.63) is 23.8 Å². The molecule has 24 heavy (non-hydrogen) atoms. The summed E-state index contributed by atoms with van der Waals surface area (Å²) >= 11 is 0. The summed E-state index contributed by atoms with van der Waals surface area (Å²) in [5.41, 5.74) is 6.95. The van der Waals surface area contributed by atoms with Crippen LogP contribution >= 0.6 is 0 Å². The molecule has 2 rings (SSSR count). The molecule has 1 aromatic rings. The zero-order chi connectivity index (χ0) is 17.5. The summed E-state index contributed by atoms with van der Waals surface area (Å²) < 4.78 is 10.5. The van der Waals surface area contributed by atoms with Crippen LogP contribution in [0.15, 0.2) is 18.2 Å². The molecule has 1 heterocycles. The highest BCUT2D eigenvalue weighted by Gasteiger charge is 2.25. The first-order chi connectivity index (χ1) is 11.6. The molecule has 1 aromatic carbocycles. The van der Waals surface area contributed by atoms with Crippen LogP contribution in [0.5, 0.6) is 5.75 Å². The number of amides is 2. The number of carbonyl (C=O) groups is 2. The standard InChI is InChI=1S/C17H25N3O4/c1-3-11-24-15-6-5-13(12-14(15)18)16(21)19-7-9-20(10-8-19)17(22)23-4-2/h5-6,12H,3-4,7-11,18H2,1-2H3. The molecule has 0 saturated carbocycles. The van der Waals surface area contributed by atoms with E-state index in [1.54, 1.807) is 34.9 Å². The van der Waals surface area contributed by atoms with E-state index >= 15 is 0 Å². The predicted octanol–water partition coefficient (Wildman–Crippen LogP) is 1.97. The second-order valence-corrected chi connectivity index (χ2v) is 5.58. The highest BCUT2D eigenvalue weighted by molar-refractivity contribution is 5.95. The fourth-order valence-corrected chi connectivity index (χ4v) is 2.51. The third-order valence-corrected chi connectivity index (χ3v) is 3.81. The lowest BCUT2D eigenvalue weighted by Gasteiger charge is -2.34. The third kappa shape index (κ3) is 4.31. The Morgan fingerprint density at radius 2 is 1.79 bits per heavy atom. The Morgan fingerprint density at radius 1 is 1.12 bits per heavy atom. The summed E-state index contributed by atoms with van der Waals surface area (Å²) in [6.07, 6.45) is 0.566. The highest BCUT2D eigenvalue weighted by Crippen LogP contribution is 2.23. The van der Waals surface area contributed by atoms with E-state index in [1.165, 1.54) is 0 Å². The van der Waals surface area contributed by atoms with Crippen LogP contribution in [0.2, 0.25) is 0 Å². The minimum absolute atomic E-state index is 0.0905. The molecule has 0 bridgehead atoms. The number of hydrogen-bond acceptors (Lipinski definition) is 5. The van der Waals surface area contributed by atoms with Crippen LogP contribution in [-0.2, 0) is 4.74 Å².